The van der Waals surface area contributed by atoms with Crippen molar-refractivity contribution in [3.63, 3.8) is 0 Å². The minimum atomic E-state index is -4.21. The van der Waals surface area contributed by atoms with Crippen LogP contribution in [0, 0.1) is 0 Å². The molecule has 1 aromatic rings. The average molecular weight is 263 g/mol. The van der Waals surface area contributed by atoms with Crippen LogP contribution in [0.4, 0.5) is 13.2 Å². The smallest absolute Gasteiger partial charge is 0.326 e. The van der Waals surface area contributed by atoms with Crippen molar-refractivity contribution in [2.75, 3.05) is 0 Å². The molecule has 0 spiro atoms. The van der Waals surface area contributed by atoms with Crippen molar-refractivity contribution in [1.29, 1.82) is 0 Å². The van der Waals surface area contributed by atoms with E-state index in [9.17, 15) is 13.2 Å². The number of alkyl halides is 3. The molecule has 0 aliphatic carbocycles. The normalized spacial score (nSPS) is 10.1. The van der Waals surface area contributed by atoms with Crippen LogP contribution in [0.3, 0.4) is 0 Å². The van der Waals surface area contributed by atoms with Gasteiger partial charge in [0.15, 0.2) is 0 Å². The van der Waals surface area contributed by atoms with E-state index in [1.54, 1.807) is 6.07 Å². The zero-order valence-electron chi connectivity index (χ0n) is 7.62. The molecule has 2 N–H and O–H groups in total. The van der Waals surface area contributed by atoms with E-state index in [0.29, 0.717) is 5.56 Å². The van der Waals surface area contributed by atoms with E-state index >= 15 is 0 Å². The molecule has 0 bridgehead atoms. The number of pyridine rings is 1. The van der Waals surface area contributed by atoms with Gasteiger partial charge in [0.1, 0.15) is 0 Å². The molecule has 0 aliphatic rings. The van der Waals surface area contributed by atoms with Gasteiger partial charge in [-0.25, -0.2) is 0 Å². The van der Waals surface area contributed by atoms with Crippen LogP contribution >= 0.6 is 24.8 Å². The first-order valence-electron chi connectivity index (χ1n) is 3.72. The van der Waals surface area contributed by atoms with Crippen LogP contribution in [0.2, 0.25) is 0 Å². The van der Waals surface area contributed by atoms with E-state index in [0.717, 1.165) is 0 Å². The molecule has 0 saturated carbocycles. The monoisotopic (exact) mass is 262 g/mol. The number of halogens is 5. The molecule has 1 heterocycles. The summed E-state index contributed by atoms with van der Waals surface area (Å²) in [7, 11) is 0. The predicted octanol–water partition coefficient (Wildman–Crippen LogP) is 2.49. The van der Waals surface area contributed by atoms with Gasteiger partial charge in [-0.3, -0.25) is 4.98 Å². The lowest BCUT2D eigenvalue weighted by atomic mass is 10.2. The lowest BCUT2D eigenvalue weighted by Gasteiger charge is -2.05. The Morgan fingerprint density at radius 3 is 2.33 bits per heavy atom. The number of rotatable bonds is 2. The summed E-state index contributed by atoms with van der Waals surface area (Å²) >= 11 is 0. The van der Waals surface area contributed by atoms with Crippen molar-refractivity contribution in [3.8, 4) is 0 Å². The van der Waals surface area contributed by atoms with Gasteiger partial charge in [-0.05, 0) is 17.7 Å². The van der Waals surface area contributed by atoms with Gasteiger partial charge >= 0.3 is 6.18 Å². The van der Waals surface area contributed by atoms with Crippen molar-refractivity contribution in [3.05, 3.63) is 29.6 Å². The SMILES string of the molecule is Cl.Cl.NCc1ccnc(CC(F)(F)F)c1. The summed E-state index contributed by atoms with van der Waals surface area (Å²) in [6.45, 7) is 0.230. The topological polar surface area (TPSA) is 38.9 Å². The summed E-state index contributed by atoms with van der Waals surface area (Å²) in [5.74, 6) is 0. The van der Waals surface area contributed by atoms with Crippen LogP contribution in [-0.4, -0.2) is 11.2 Å². The lowest BCUT2D eigenvalue weighted by molar-refractivity contribution is -0.127. The Morgan fingerprint density at radius 1 is 1.27 bits per heavy atom. The molecule has 0 radical (unpaired) electrons. The molecular formula is C8H11Cl2F3N2. The van der Waals surface area contributed by atoms with Crippen LogP contribution in [-0.2, 0) is 13.0 Å². The number of hydrogen-bond acceptors (Lipinski definition) is 2. The van der Waals surface area contributed by atoms with Crippen LogP contribution in [0.5, 0.6) is 0 Å². The molecule has 0 amide bonds. The summed E-state index contributed by atoms with van der Waals surface area (Å²) in [4.78, 5) is 3.60. The summed E-state index contributed by atoms with van der Waals surface area (Å²) in [5.41, 5.74) is 5.94. The maximum Gasteiger partial charge on any atom is 0.394 e. The number of aromatic nitrogens is 1. The lowest BCUT2D eigenvalue weighted by Crippen LogP contribution is -2.13. The maximum absolute atomic E-state index is 11.9. The maximum atomic E-state index is 11.9. The Kier molecular flexibility index (Phi) is 7.74. The first-order chi connectivity index (χ1) is 6.01. The fourth-order valence-electron chi connectivity index (χ4n) is 0.957. The Hall–Kier alpha value is -0.520. The van der Waals surface area contributed by atoms with Gasteiger partial charge in [0, 0.05) is 18.4 Å². The highest BCUT2D eigenvalue weighted by Gasteiger charge is 2.28. The fraction of sp³-hybridized carbons (Fsp3) is 0.375. The third kappa shape index (κ3) is 6.54. The van der Waals surface area contributed by atoms with Crippen LogP contribution in [0.25, 0.3) is 0 Å². The minimum absolute atomic E-state index is 0. The molecule has 2 nitrogen and oxygen atoms in total. The van der Waals surface area contributed by atoms with Crippen LogP contribution < -0.4 is 5.73 Å². The molecular weight excluding hydrogens is 252 g/mol. The van der Waals surface area contributed by atoms with Gasteiger partial charge in [-0.2, -0.15) is 13.2 Å². The van der Waals surface area contributed by atoms with E-state index in [2.05, 4.69) is 4.98 Å². The zero-order valence-corrected chi connectivity index (χ0v) is 9.25. The number of nitrogens with zero attached hydrogens (tertiary/aromatic N) is 1. The average Bonchev–Trinajstić information content (AvgIpc) is 2.01. The second kappa shape index (κ2) is 6.87. The zero-order chi connectivity index (χ0) is 9.90. The standard InChI is InChI=1S/C8H9F3N2.2ClH/c9-8(10,11)4-7-3-6(5-12)1-2-13-7;;/h1-3H,4-5,12H2;2*1H. The molecule has 0 saturated heterocycles. The Morgan fingerprint density at radius 2 is 1.87 bits per heavy atom. The number of nitrogens with two attached hydrogens (primary N) is 1. The molecule has 0 aromatic carbocycles. The second-order valence-electron chi connectivity index (χ2n) is 2.65. The molecule has 1 aromatic heterocycles. The van der Waals surface area contributed by atoms with Crippen molar-refractivity contribution in [2.45, 2.75) is 19.1 Å². The minimum Gasteiger partial charge on any atom is -0.326 e. The van der Waals surface area contributed by atoms with Gasteiger partial charge in [-0.1, -0.05) is 0 Å². The predicted molar refractivity (Wildman–Crippen MR) is 56.4 cm³/mol. The van der Waals surface area contributed by atoms with E-state index in [-0.39, 0.29) is 37.1 Å². The third-order valence-corrected chi connectivity index (χ3v) is 1.50. The van der Waals surface area contributed by atoms with Crippen molar-refractivity contribution < 1.29 is 13.2 Å². The van der Waals surface area contributed by atoms with Crippen LogP contribution in [0.15, 0.2) is 18.3 Å². The second-order valence-corrected chi connectivity index (χ2v) is 2.65. The van der Waals surface area contributed by atoms with E-state index in [1.165, 1.54) is 12.3 Å². The van der Waals surface area contributed by atoms with Gasteiger partial charge in [0.2, 0.25) is 0 Å². The van der Waals surface area contributed by atoms with Crippen molar-refractivity contribution in [1.82, 2.24) is 4.98 Å². The molecule has 0 aliphatic heterocycles. The van der Waals surface area contributed by atoms with E-state index in [4.69, 9.17) is 5.73 Å². The highest BCUT2D eigenvalue weighted by atomic mass is 35.5. The Labute approximate surface area is 97.9 Å². The van der Waals surface area contributed by atoms with E-state index < -0.39 is 12.6 Å². The van der Waals surface area contributed by atoms with Crippen molar-refractivity contribution >= 4 is 24.8 Å². The molecule has 88 valence electrons. The molecule has 0 unspecified atom stereocenters. The summed E-state index contributed by atoms with van der Waals surface area (Å²) in [6, 6.07) is 2.97. The van der Waals surface area contributed by atoms with E-state index in [1.807, 2.05) is 0 Å². The molecule has 15 heavy (non-hydrogen) atoms. The quantitative estimate of drug-likeness (QED) is 0.890. The highest BCUT2D eigenvalue weighted by molar-refractivity contribution is 5.85. The number of hydrogen-bond donors (Lipinski definition) is 1. The fourth-order valence-corrected chi connectivity index (χ4v) is 0.957. The highest BCUT2D eigenvalue weighted by Crippen LogP contribution is 2.20. The van der Waals surface area contributed by atoms with Gasteiger partial charge in [0.05, 0.1) is 6.42 Å². The Balaban J connectivity index is 0. The van der Waals surface area contributed by atoms with Crippen LogP contribution in [0.1, 0.15) is 11.3 Å². The first kappa shape index (κ1) is 16.9. The summed E-state index contributed by atoms with van der Waals surface area (Å²) in [5, 5.41) is 0. The first-order valence-corrected chi connectivity index (χ1v) is 3.72. The van der Waals surface area contributed by atoms with Gasteiger partial charge in [0.25, 0.3) is 0 Å². The molecule has 7 heteroatoms. The molecule has 0 fully saturated rings. The Bertz CT molecular complexity index is 291. The largest absolute Gasteiger partial charge is 0.394 e. The van der Waals surface area contributed by atoms with Crippen molar-refractivity contribution in [2.24, 2.45) is 5.73 Å². The molecule has 0 atom stereocenters. The molecule has 1 rings (SSSR count). The summed E-state index contributed by atoms with van der Waals surface area (Å²) in [6.07, 6.45) is -3.87. The third-order valence-electron chi connectivity index (χ3n) is 1.50. The summed E-state index contributed by atoms with van der Waals surface area (Å²) < 4.78 is 35.7. The van der Waals surface area contributed by atoms with Gasteiger partial charge in [-0.15, -0.1) is 24.8 Å². The van der Waals surface area contributed by atoms with Gasteiger partial charge < -0.3 is 5.73 Å².